The zero-order valence-corrected chi connectivity index (χ0v) is 8.82. The highest BCUT2D eigenvalue weighted by Crippen LogP contribution is 2.25. The molecule has 1 aromatic heterocycles. The number of nitrogens with one attached hydrogen (secondary N) is 1. The van der Waals surface area contributed by atoms with Gasteiger partial charge in [-0.1, -0.05) is 6.92 Å². The molecule has 1 fully saturated rings. The molecule has 0 radical (unpaired) electrons. The van der Waals surface area contributed by atoms with Crippen LogP contribution in [0.4, 0.5) is 0 Å². The molecule has 1 N–H and O–H groups in total. The van der Waals surface area contributed by atoms with Gasteiger partial charge in [-0.15, -0.1) is 0 Å². The lowest BCUT2D eigenvalue weighted by atomic mass is 9.82. The van der Waals surface area contributed by atoms with E-state index in [1.54, 1.807) is 0 Å². The molecule has 14 heavy (non-hydrogen) atoms. The lowest BCUT2D eigenvalue weighted by Crippen LogP contribution is -2.40. The molecular weight excluding hydrogens is 174 g/mol. The van der Waals surface area contributed by atoms with E-state index in [0.29, 0.717) is 0 Å². The van der Waals surface area contributed by atoms with E-state index in [2.05, 4.69) is 21.8 Å². The van der Waals surface area contributed by atoms with Crippen molar-refractivity contribution in [1.29, 1.82) is 0 Å². The highest BCUT2D eigenvalue weighted by Gasteiger charge is 2.23. The monoisotopic (exact) mass is 193 g/mol. The molecule has 1 heterocycles. The van der Waals surface area contributed by atoms with Crippen LogP contribution in [0.1, 0.15) is 26.2 Å². The first-order valence-corrected chi connectivity index (χ1v) is 5.53. The third-order valence-corrected chi connectivity index (χ3v) is 2.96. The van der Waals surface area contributed by atoms with E-state index < -0.39 is 0 Å². The fourth-order valence-corrected chi connectivity index (χ4v) is 2.06. The molecule has 1 saturated carbocycles. The molecule has 0 atom stereocenters. The van der Waals surface area contributed by atoms with Gasteiger partial charge in [-0.3, -0.25) is 0 Å². The Labute approximate surface area is 85.5 Å². The molecule has 0 saturated heterocycles. The van der Waals surface area contributed by atoms with Crippen molar-refractivity contribution in [2.45, 2.75) is 38.8 Å². The van der Waals surface area contributed by atoms with E-state index in [0.717, 1.165) is 25.0 Å². The maximum absolute atomic E-state index is 4.02. The quantitative estimate of drug-likeness (QED) is 0.721. The van der Waals surface area contributed by atoms with Crippen LogP contribution in [0.25, 0.3) is 0 Å². The van der Waals surface area contributed by atoms with E-state index in [1.165, 1.54) is 19.3 Å². The van der Waals surface area contributed by atoms with E-state index in [9.17, 15) is 0 Å². The molecule has 2 rings (SSSR count). The van der Waals surface area contributed by atoms with Crippen LogP contribution in [-0.2, 0) is 6.54 Å². The summed E-state index contributed by atoms with van der Waals surface area (Å²) in [6.45, 7) is 4.54. The first kappa shape index (κ1) is 9.71. The van der Waals surface area contributed by atoms with Crippen LogP contribution >= 0.6 is 0 Å². The standard InChI is InChI=1S/C11H19N3/c1-10-7-11(8-10)13-3-2-5-14-6-4-12-9-14/h4,6,9-11,13H,2-3,5,7-8H2,1H3. The van der Waals surface area contributed by atoms with Crippen molar-refractivity contribution in [3.63, 3.8) is 0 Å². The maximum atomic E-state index is 4.02. The normalized spacial score (nSPS) is 26.1. The smallest absolute Gasteiger partial charge is 0.0945 e. The van der Waals surface area contributed by atoms with Crippen molar-refractivity contribution in [2.75, 3.05) is 6.54 Å². The highest BCUT2D eigenvalue weighted by molar-refractivity contribution is 4.82. The molecule has 1 aromatic rings. The maximum Gasteiger partial charge on any atom is 0.0945 e. The second-order valence-electron chi connectivity index (χ2n) is 4.38. The second-order valence-corrected chi connectivity index (χ2v) is 4.38. The molecule has 1 aliphatic rings. The van der Waals surface area contributed by atoms with E-state index in [4.69, 9.17) is 0 Å². The molecule has 1 aliphatic carbocycles. The predicted molar refractivity (Wildman–Crippen MR) is 57.0 cm³/mol. The average molecular weight is 193 g/mol. The van der Waals surface area contributed by atoms with Gasteiger partial charge in [0.1, 0.15) is 0 Å². The molecular formula is C11H19N3. The van der Waals surface area contributed by atoms with Gasteiger partial charge < -0.3 is 9.88 Å². The highest BCUT2D eigenvalue weighted by atomic mass is 15.0. The number of nitrogens with zero attached hydrogens (tertiary/aromatic N) is 2. The Balaban J connectivity index is 1.52. The van der Waals surface area contributed by atoms with Crippen molar-refractivity contribution >= 4 is 0 Å². The van der Waals surface area contributed by atoms with Crippen LogP contribution in [0.15, 0.2) is 18.7 Å². The number of aryl methyl sites for hydroxylation is 1. The Bertz CT molecular complexity index is 250. The Kier molecular flexibility index (Phi) is 3.19. The van der Waals surface area contributed by atoms with Crippen molar-refractivity contribution in [3.05, 3.63) is 18.7 Å². The van der Waals surface area contributed by atoms with Gasteiger partial charge in [0.2, 0.25) is 0 Å². The summed E-state index contributed by atoms with van der Waals surface area (Å²) >= 11 is 0. The van der Waals surface area contributed by atoms with E-state index >= 15 is 0 Å². The average Bonchev–Trinajstić information content (AvgIpc) is 2.61. The summed E-state index contributed by atoms with van der Waals surface area (Å²) < 4.78 is 2.13. The predicted octanol–water partition coefficient (Wildman–Crippen LogP) is 1.66. The second kappa shape index (κ2) is 4.60. The Morgan fingerprint density at radius 1 is 1.50 bits per heavy atom. The number of aromatic nitrogens is 2. The van der Waals surface area contributed by atoms with Crippen molar-refractivity contribution in [3.8, 4) is 0 Å². The lowest BCUT2D eigenvalue weighted by molar-refractivity contribution is 0.240. The van der Waals surface area contributed by atoms with Crippen molar-refractivity contribution < 1.29 is 0 Å². The summed E-state index contributed by atoms with van der Waals surface area (Å²) in [6.07, 6.45) is 9.66. The lowest BCUT2D eigenvalue weighted by Gasteiger charge is -2.33. The van der Waals surface area contributed by atoms with Crippen LogP contribution < -0.4 is 5.32 Å². The van der Waals surface area contributed by atoms with Gasteiger partial charge in [0, 0.05) is 25.0 Å². The summed E-state index contributed by atoms with van der Waals surface area (Å²) in [5, 5.41) is 3.58. The van der Waals surface area contributed by atoms with Gasteiger partial charge in [-0.2, -0.15) is 0 Å². The molecule has 3 nitrogen and oxygen atoms in total. The van der Waals surface area contributed by atoms with E-state index in [1.807, 2.05) is 18.7 Å². The van der Waals surface area contributed by atoms with Crippen LogP contribution in [0, 0.1) is 5.92 Å². The Morgan fingerprint density at radius 3 is 3.00 bits per heavy atom. The van der Waals surface area contributed by atoms with Crippen LogP contribution in [0.3, 0.4) is 0 Å². The topological polar surface area (TPSA) is 29.9 Å². The summed E-state index contributed by atoms with van der Waals surface area (Å²) in [4.78, 5) is 4.02. The summed E-state index contributed by atoms with van der Waals surface area (Å²) in [5.41, 5.74) is 0. The molecule has 0 amide bonds. The third-order valence-electron chi connectivity index (χ3n) is 2.96. The van der Waals surface area contributed by atoms with Crippen molar-refractivity contribution in [2.24, 2.45) is 5.92 Å². The SMILES string of the molecule is CC1CC(NCCCn2ccnc2)C1. The third kappa shape index (κ3) is 2.58. The van der Waals surface area contributed by atoms with Gasteiger partial charge in [0.15, 0.2) is 0 Å². The molecule has 0 aromatic carbocycles. The number of imidazole rings is 1. The van der Waals surface area contributed by atoms with Crippen LogP contribution in [0.5, 0.6) is 0 Å². The number of rotatable bonds is 5. The van der Waals surface area contributed by atoms with Gasteiger partial charge in [-0.25, -0.2) is 4.98 Å². The first-order valence-electron chi connectivity index (χ1n) is 5.53. The van der Waals surface area contributed by atoms with E-state index in [-0.39, 0.29) is 0 Å². The van der Waals surface area contributed by atoms with Gasteiger partial charge >= 0.3 is 0 Å². The van der Waals surface area contributed by atoms with Crippen LogP contribution in [-0.4, -0.2) is 22.1 Å². The zero-order chi connectivity index (χ0) is 9.80. The van der Waals surface area contributed by atoms with Crippen LogP contribution in [0.2, 0.25) is 0 Å². The summed E-state index contributed by atoms with van der Waals surface area (Å²) in [5.74, 6) is 0.946. The zero-order valence-electron chi connectivity index (χ0n) is 8.82. The van der Waals surface area contributed by atoms with Gasteiger partial charge in [-0.05, 0) is 31.7 Å². The first-order chi connectivity index (χ1) is 6.84. The largest absolute Gasteiger partial charge is 0.337 e. The number of hydrogen-bond donors (Lipinski definition) is 1. The molecule has 0 aliphatic heterocycles. The Hall–Kier alpha value is -0.830. The summed E-state index contributed by atoms with van der Waals surface area (Å²) in [7, 11) is 0. The molecule has 0 unspecified atom stereocenters. The number of hydrogen-bond acceptors (Lipinski definition) is 2. The minimum absolute atomic E-state index is 0.799. The molecule has 0 bridgehead atoms. The van der Waals surface area contributed by atoms with Gasteiger partial charge in [0.05, 0.1) is 6.33 Å². The fourth-order valence-electron chi connectivity index (χ4n) is 2.06. The van der Waals surface area contributed by atoms with Crippen molar-refractivity contribution in [1.82, 2.24) is 14.9 Å². The Morgan fingerprint density at radius 2 is 2.36 bits per heavy atom. The fraction of sp³-hybridized carbons (Fsp3) is 0.727. The minimum atomic E-state index is 0.799. The molecule has 0 spiro atoms. The molecule has 78 valence electrons. The summed E-state index contributed by atoms with van der Waals surface area (Å²) in [6, 6.07) is 0.799. The minimum Gasteiger partial charge on any atom is -0.337 e. The molecule has 3 heteroatoms. The van der Waals surface area contributed by atoms with Gasteiger partial charge in [0.25, 0.3) is 0 Å².